The molecule has 1 atom stereocenters. The zero-order chi connectivity index (χ0) is 24.6. The van der Waals surface area contributed by atoms with Crippen molar-refractivity contribution in [1.82, 2.24) is 14.8 Å². The van der Waals surface area contributed by atoms with Gasteiger partial charge in [0.2, 0.25) is 5.91 Å². The molecule has 1 aromatic carbocycles. The van der Waals surface area contributed by atoms with Crippen LogP contribution in [0.3, 0.4) is 0 Å². The number of amides is 2. The first kappa shape index (κ1) is 24.5. The van der Waals surface area contributed by atoms with E-state index >= 15 is 0 Å². The summed E-state index contributed by atoms with van der Waals surface area (Å²) in [5, 5.41) is 0. The molecule has 7 heteroatoms. The number of nitrogens with zero attached hydrogens (tertiary/aromatic N) is 3. The average Bonchev–Trinajstić information content (AvgIpc) is 3.44. The van der Waals surface area contributed by atoms with Crippen molar-refractivity contribution in [1.29, 1.82) is 0 Å². The van der Waals surface area contributed by atoms with E-state index in [1.54, 1.807) is 37.9 Å². The van der Waals surface area contributed by atoms with E-state index in [1.165, 1.54) is 0 Å². The molecule has 1 aliphatic heterocycles. The zero-order valence-corrected chi connectivity index (χ0v) is 20.4. The lowest BCUT2D eigenvalue weighted by Crippen LogP contribution is -2.48. The van der Waals surface area contributed by atoms with Crippen LogP contribution in [0.1, 0.15) is 40.9 Å². The number of carbonyl (C=O) groups is 2. The highest BCUT2D eigenvalue weighted by Gasteiger charge is 2.33. The van der Waals surface area contributed by atoms with Gasteiger partial charge in [-0.25, -0.2) is 0 Å². The minimum Gasteiger partial charge on any atom is -0.497 e. The first-order chi connectivity index (χ1) is 17.0. The lowest BCUT2D eigenvalue weighted by Gasteiger charge is -2.40. The number of rotatable bonds is 9. The van der Waals surface area contributed by atoms with E-state index < -0.39 is 0 Å². The van der Waals surface area contributed by atoms with Crippen LogP contribution in [0.4, 0.5) is 0 Å². The normalized spacial score (nSPS) is 15.0. The van der Waals surface area contributed by atoms with Crippen LogP contribution in [-0.4, -0.2) is 59.9 Å². The minimum absolute atomic E-state index is 0.00446. The molecule has 1 unspecified atom stereocenters. The molecule has 0 aliphatic carbocycles. The van der Waals surface area contributed by atoms with Crippen molar-refractivity contribution in [3.8, 4) is 5.75 Å². The van der Waals surface area contributed by atoms with Gasteiger partial charge < -0.3 is 19.0 Å². The van der Waals surface area contributed by atoms with E-state index in [-0.39, 0.29) is 23.8 Å². The highest BCUT2D eigenvalue weighted by atomic mass is 16.5. The Labute approximate surface area is 206 Å². The molecule has 4 rings (SSSR count). The largest absolute Gasteiger partial charge is 0.497 e. The standard InChI is InChI=1S/C28H33N3O4/c1-30(28(33)23-7-4-14-29-20-23)26(19-21-6-3-8-25(18-21)34-2)22-12-15-31(16-13-22)27(32)11-10-24-9-5-17-35-24/h3-9,14,17-18,20,22,26H,10-13,15-16,19H2,1-2H3. The predicted molar refractivity (Wildman–Crippen MR) is 133 cm³/mol. The topological polar surface area (TPSA) is 75.9 Å². The van der Waals surface area contributed by atoms with Crippen LogP contribution < -0.4 is 4.74 Å². The fourth-order valence-corrected chi connectivity index (χ4v) is 4.88. The summed E-state index contributed by atoms with van der Waals surface area (Å²) in [6.07, 6.45) is 8.41. The number of methoxy groups -OCH3 is 1. The molecule has 2 amide bonds. The second-order valence-electron chi connectivity index (χ2n) is 9.08. The third-order valence-electron chi connectivity index (χ3n) is 6.91. The maximum absolute atomic E-state index is 13.3. The van der Waals surface area contributed by atoms with E-state index in [4.69, 9.17) is 9.15 Å². The second kappa shape index (κ2) is 11.7. The Morgan fingerprint density at radius 2 is 2.00 bits per heavy atom. The monoisotopic (exact) mass is 475 g/mol. The summed E-state index contributed by atoms with van der Waals surface area (Å²) < 4.78 is 10.8. The van der Waals surface area contributed by atoms with Crippen molar-refractivity contribution in [2.75, 3.05) is 27.2 Å². The Kier molecular flexibility index (Phi) is 8.19. The number of likely N-dealkylation sites (tertiary alicyclic amines) is 1. The van der Waals surface area contributed by atoms with Gasteiger partial charge in [-0.15, -0.1) is 0 Å². The van der Waals surface area contributed by atoms with Crippen molar-refractivity contribution in [2.45, 2.75) is 38.1 Å². The highest BCUT2D eigenvalue weighted by Crippen LogP contribution is 2.28. The molecule has 1 fully saturated rings. The van der Waals surface area contributed by atoms with Crippen molar-refractivity contribution >= 4 is 11.8 Å². The van der Waals surface area contributed by atoms with Crippen molar-refractivity contribution in [3.05, 3.63) is 84.1 Å². The third-order valence-corrected chi connectivity index (χ3v) is 6.91. The number of benzene rings is 1. The summed E-state index contributed by atoms with van der Waals surface area (Å²) in [6, 6.07) is 15.3. The van der Waals surface area contributed by atoms with Crippen LogP contribution >= 0.6 is 0 Å². The SMILES string of the molecule is COc1cccc(CC(C2CCN(C(=O)CCc3ccco3)CC2)N(C)C(=O)c2cccnc2)c1. The lowest BCUT2D eigenvalue weighted by atomic mass is 9.84. The molecule has 0 radical (unpaired) electrons. The van der Waals surface area contributed by atoms with Crippen LogP contribution in [0.15, 0.2) is 71.6 Å². The fraction of sp³-hybridized carbons (Fsp3) is 0.393. The first-order valence-electron chi connectivity index (χ1n) is 12.2. The molecule has 0 N–H and O–H groups in total. The van der Waals surface area contributed by atoms with Crippen molar-refractivity contribution < 1.29 is 18.7 Å². The quantitative estimate of drug-likeness (QED) is 0.463. The van der Waals surface area contributed by atoms with Gasteiger partial charge in [-0.3, -0.25) is 14.6 Å². The molecule has 1 aliphatic rings. The number of ether oxygens (including phenoxy) is 1. The summed E-state index contributed by atoms with van der Waals surface area (Å²) in [5.74, 6) is 2.04. The number of piperidine rings is 1. The fourth-order valence-electron chi connectivity index (χ4n) is 4.88. The van der Waals surface area contributed by atoms with Gasteiger partial charge in [0.05, 0.1) is 18.9 Å². The van der Waals surface area contributed by atoms with Crippen LogP contribution in [-0.2, 0) is 17.6 Å². The van der Waals surface area contributed by atoms with Crippen LogP contribution in [0.2, 0.25) is 0 Å². The molecular weight excluding hydrogens is 442 g/mol. The molecular formula is C28H33N3O4. The molecule has 0 bridgehead atoms. The van der Waals surface area contributed by atoms with E-state index in [0.717, 1.165) is 36.3 Å². The van der Waals surface area contributed by atoms with Gasteiger partial charge in [-0.05, 0) is 67.1 Å². The second-order valence-corrected chi connectivity index (χ2v) is 9.08. The average molecular weight is 476 g/mol. The van der Waals surface area contributed by atoms with Gasteiger partial charge >= 0.3 is 0 Å². The summed E-state index contributed by atoms with van der Waals surface area (Å²) in [5.41, 5.74) is 1.70. The number of furan rings is 1. The van der Waals surface area contributed by atoms with E-state index in [0.29, 0.717) is 31.5 Å². The highest BCUT2D eigenvalue weighted by molar-refractivity contribution is 5.94. The van der Waals surface area contributed by atoms with Gasteiger partial charge in [0.25, 0.3) is 5.91 Å². The lowest BCUT2D eigenvalue weighted by molar-refractivity contribution is -0.132. The van der Waals surface area contributed by atoms with Crippen molar-refractivity contribution in [3.63, 3.8) is 0 Å². The van der Waals surface area contributed by atoms with Gasteiger partial charge in [-0.1, -0.05) is 12.1 Å². The van der Waals surface area contributed by atoms with Crippen LogP contribution in [0, 0.1) is 5.92 Å². The molecule has 3 heterocycles. The van der Waals surface area contributed by atoms with E-state index in [9.17, 15) is 9.59 Å². The zero-order valence-electron chi connectivity index (χ0n) is 20.4. The molecule has 184 valence electrons. The van der Waals surface area contributed by atoms with Gasteiger partial charge in [0, 0.05) is 51.4 Å². The molecule has 1 saturated heterocycles. The summed E-state index contributed by atoms with van der Waals surface area (Å²) in [7, 11) is 3.54. The number of aromatic nitrogens is 1. The number of likely N-dealkylation sites (N-methyl/N-ethyl adjacent to an activating group) is 1. The summed E-state index contributed by atoms with van der Waals surface area (Å²) >= 11 is 0. The third kappa shape index (κ3) is 6.29. The van der Waals surface area contributed by atoms with Crippen LogP contribution in [0.25, 0.3) is 0 Å². The van der Waals surface area contributed by atoms with Crippen LogP contribution in [0.5, 0.6) is 5.75 Å². The molecule has 35 heavy (non-hydrogen) atoms. The number of carbonyl (C=O) groups excluding carboxylic acids is 2. The smallest absolute Gasteiger partial charge is 0.255 e. The number of aryl methyl sites for hydroxylation is 1. The maximum Gasteiger partial charge on any atom is 0.255 e. The maximum atomic E-state index is 13.3. The van der Waals surface area contributed by atoms with Gasteiger partial charge in [0.1, 0.15) is 11.5 Å². The Hall–Kier alpha value is -3.61. The first-order valence-corrected chi connectivity index (χ1v) is 12.2. The summed E-state index contributed by atoms with van der Waals surface area (Å²) in [4.78, 5) is 34.0. The molecule has 7 nitrogen and oxygen atoms in total. The van der Waals surface area contributed by atoms with Gasteiger partial charge in [-0.2, -0.15) is 0 Å². The molecule has 3 aromatic rings. The number of hydrogen-bond acceptors (Lipinski definition) is 5. The number of hydrogen-bond donors (Lipinski definition) is 0. The minimum atomic E-state index is -0.0389. The molecule has 0 spiro atoms. The van der Waals surface area contributed by atoms with Crippen molar-refractivity contribution in [2.24, 2.45) is 5.92 Å². The van der Waals surface area contributed by atoms with Gasteiger partial charge in [0.15, 0.2) is 0 Å². The van der Waals surface area contributed by atoms with E-state index in [2.05, 4.69) is 11.1 Å². The predicted octanol–water partition coefficient (Wildman–Crippen LogP) is 4.24. The summed E-state index contributed by atoms with van der Waals surface area (Å²) in [6.45, 7) is 1.40. The Balaban J connectivity index is 1.44. The Morgan fingerprint density at radius 1 is 1.17 bits per heavy atom. The molecule has 0 saturated carbocycles. The van der Waals surface area contributed by atoms with E-state index in [1.807, 2.05) is 47.2 Å². The molecule has 2 aromatic heterocycles. The Bertz CT molecular complexity index is 1090. The Morgan fingerprint density at radius 3 is 2.69 bits per heavy atom. The number of pyridine rings is 1.